The number of nitro benzene ring substituents is 2. The van der Waals surface area contributed by atoms with E-state index in [1.165, 1.54) is 0 Å². The number of alkyl halides is 8. The lowest BCUT2D eigenvalue weighted by Gasteiger charge is -2.32. The van der Waals surface area contributed by atoms with Gasteiger partial charge in [0.25, 0.3) is 5.69 Å². The summed E-state index contributed by atoms with van der Waals surface area (Å²) < 4.78 is 117. The van der Waals surface area contributed by atoms with Crippen LogP contribution in [0.1, 0.15) is 70.8 Å². The van der Waals surface area contributed by atoms with Crippen LogP contribution in [-0.4, -0.2) is 54.2 Å². The molecule has 0 aromatic heterocycles. The highest BCUT2D eigenvalue weighted by atomic mass is 19.3. The van der Waals surface area contributed by atoms with Crippen LogP contribution in [-0.2, 0) is 4.74 Å². The average molecular weight is 639 g/mol. The van der Waals surface area contributed by atoms with Crippen molar-refractivity contribution >= 4 is 17.5 Å². The number of hydrogen-bond acceptors (Lipinski definition) is 7. The first-order valence-corrected chi connectivity index (χ1v) is 13.4. The van der Waals surface area contributed by atoms with Gasteiger partial charge >= 0.3 is 24.2 Å². The minimum Gasteiger partial charge on any atom is -0.434 e. The molecule has 0 aliphatic carbocycles. The average Bonchev–Trinajstić information content (AvgIpc) is 2.92. The Balaban J connectivity index is 3.28. The van der Waals surface area contributed by atoms with Crippen molar-refractivity contribution in [3.63, 3.8) is 0 Å². The Labute approximate surface area is 242 Å². The molecule has 0 radical (unpaired) electrons. The third kappa shape index (κ3) is 11.4. The second-order valence-corrected chi connectivity index (χ2v) is 10.3. The molecular weight excluding hydrogens is 604 g/mol. The quantitative estimate of drug-likeness (QED) is 0.0488. The van der Waals surface area contributed by atoms with E-state index in [-0.39, 0.29) is 5.56 Å². The van der Waals surface area contributed by atoms with Crippen LogP contribution in [0.15, 0.2) is 12.1 Å². The number of nitrogens with zero attached hydrogens (tertiary/aromatic N) is 2. The van der Waals surface area contributed by atoms with Crippen LogP contribution in [0, 0.1) is 38.0 Å². The summed E-state index contributed by atoms with van der Waals surface area (Å²) in [5.41, 5.74) is -1.68. The first kappa shape index (κ1) is 37.8. The number of ether oxygens (including phenoxy) is 2. The molecule has 0 bridgehead atoms. The Kier molecular flexibility index (Phi) is 15.0. The van der Waals surface area contributed by atoms with E-state index in [1.807, 2.05) is 0 Å². The standard InChI is InChI=1S/C26H34F8N2O7/c1-4-14(2)19-11-17(35(38)39)12-20(36(40)41)23(19)43-25(37)42-13-16(7-9-27)18(22(30)15(3)10-21(28)29)6-5-8-26(33,34)24(31)32/h11-12,14-16,18,21-22,24H,4-10,13H2,1-3H3. The summed E-state index contributed by atoms with van der Waals surface area (Å²) in [4.78, 5) is 33.6. The van der Waals surface area contributed by atoms with Crippen molar-refractivity contribution in [3.05, 3.63) is 37.9 Å². The summed E-state index contributed by atoms with van der Waals surface area (Å²) in [6.07, 6.45) is -14.5. The highest BCUT2D eigenvalue weighted by Gasteiger charge is 2.41. The Morgan fingerprint density at radius 3 is 2.14 bits per heavy atom. The molecule has 0 fully saturated rings. The third-order valence-corrected chi connectivity index (χ3v) is 7.19. The van der Waals surface area contributed by atoms with Crippen LogP contribution in [0.25, 0.3) is 0 Å². The Hall–Kier alpha value is -3.27. The van der Waals surface area contributed by atoms with Crippen molar-refractivity contribution in [2.75, 3.05) is 13.3 Å². The van der Waals surface area contributed by atoms with Gasteiger partial charge < -0.3 is 9.47 Å². The number of carbonyl (C=O) groups is 1. The molecule has 0 aliphatic rings. The summed E-state index contributed by atoms with van der Waals surface area (Å²) in [5.74, 6) is -9.82. The molecule has 0 spiro atoms. The zero-order valence-corrected chi connectivity index (χ0v) is 23.6. The molecule has 17 heteroatoms. The van der Waals surface area contributed by atoms with Crippen LogP contribution in [0.4, 0.5) is 51.3 Å². The largest absolute Gasteiger partial charge is 0.514 e. The van der Waals surface area contributed by atoms with Crippen LogP contribution in [0.3, 0.4) is 0 Å². The smallest absolute Gasteiger partial charge is 0.434 e. The predicted octanol–water partition coefficient (Wildman–Crippen LogP) is 8.82. The van der Waals surface area contributed by atoms with E-state index in [1.54, 1.807) is 13.8 Å². The van der Waals surface area contributed by atoms with E-state index >= 15 is 4.39 Å². The highest BCUT2D eigenvalue weighted by Crippen LogP contribution is 2.41. The van der Waals surface area contributed by atoms with Gasteiger partial charge in [-0.1, -0.05) is 20.8 Å². The minimum absolute atomic E-state index is 0.0804. The molecule has 1 aromatic rings. The van der Waals surface area contributed by atoms with Crippen LogP contribution < -0.4 is 4.74 Å². The monoisotopic (exact) mass is 638 g/mol. The Morgan fingerprint density at radius 1 is 1.02 bits per heavy atom. The van der Waals surface area contributed by atoms with Crippen molar-refractivity contribution < 1.29 is 59.2 Å². The molecule has 1 rings (SSSR count). The van der Waals surface area contributed by atoms with Crippen molar-refractivity contribution in [3.8, 4) is 5.75 Å². The van der Waals surface area contributed by atoms with E-state index < -0.39 is 127 Å². The van der Waals surface area contributed by atoms with Gasteiger partial charge in [0, 0.05) is 30.4 Å². The van der Waals surface area contributed by atoms with E-state index in [0.29, 0.717) is 12.5 Å². The SMILES string of the molecule is CCC(C)c1cc([N+](=O)[O-])cc([N+](=O)[O-])c1OC(=O)OCC(CCF)C(CCCC(F)(F)C(F)F)C(F)C(C)CC(F)F. The first-order chi connectivity index (χ1) is 20.0. The molecule has 0 saturated carbocycles. The van der Waals surface area contributed by atoms with Gasteiger partial charge in [-0.25, -0.2) is 35.5 Å². The predicted molar refractivity (Wildman–Crippen MR) is 137 cm³/mol. The number of non-ortho nitro benzene ring substituents is 1. The van der Waals surface area contributed by atoms with Gasteiger partial charge in [-0.05, 0) is 43.4 Å². The molecule has 5 atom stereocenters. The van der Waals surface area contributed by atoms with Gasteiger partial charge in [-0.15, -0.1) is 0 Å². The van der Waals surface area contributed by atoms with E-state index in [4.69, 9.17) is 9.47 Å². The zero-order chi connectivity index (χ0) is 33.1. The molecule has 0 amide bonds. The van der Waals surface area contributed by atoms with Crippen LogP contribution in [0.5, 0.6) is 5.75 Å². The van der Waals surface area contributed by atoms with Crippen molar-refractivity contribution in [1.29, 1.82) is 0 Å². The van der Waals surface area contributed by atoms with Gasteiger partial charge in [-0.3, -0.25) is 24.6 Å². The summed E-state index contributed by atoms with van der Waals surface area (Å²) in [6, 6.07) is 1.53. The Bertz CT molecular complexity index is 1080. The second kappa shape index (κ2) is 17.1. The lowest BCUT2D eigenvalue weighted by Crippen LogP contribution is -2.35. The van der Waals surface area contributed by atoms with Gasteiger partial charge in [0.1, 0.15) is 6.17 Å². The molecule has 246 valence electrons. The number of carbonyl (C=O) groups excluding carboxylic acids is 1. The summed E-state index contributed by atoms with van der Waals surface area (Å²) >= 11 is 0. The second-order valence-electron chi connectivity index (χ2n) is 10.3. The van der Waals surface area contributed by atoms with Gasteiger partial charge in [0.05, 0.1) is 29.2 Å². The van der Waals surface area contributed by atoms with Crippen molar-refractivity contribution in [1.82, 2.24) is 0 Å². The van der Waals surface area contributed by atoms with Crippen molar-refractivity contribution in [2.24, 2.45) is 17.8 Å². The van der Waals surface area contributed by atoms with Crippen LogP contribution in [0.2, 0.25) is 0 Å². The minimum atomic E-state index is -4.41. The molecule has 0 aliphatic heterocycles. The summed E-state index contributed by atoms with van der Waals surface area (Å²) in [6.45, 7) is 2.30. The van der Waals surface area contributed by atoms with E-state index in [2.05, 4.69) is 0 Å². The van der Waals surface area contributed by atoms with Crippen molar-refractivity contribution in [2.45, 2.75) is 90.2 Å². The number of rotatable bonds is 19. The first-order valence-electron chi connectivity index (χ1n) is 13.4. The lowest BCUT2D eigenvalue weighted by molar-refractivity contribution is -0.394. The molecular formula is C26H34F8N2O7. The highest BCUT2D eigenvalue weighted by molar-refractivity contribution is 5.70. The molecule has 0 N–H and O–H groups in total. The molecule has 9 nitrogen and oxygen atoms in total. The Morgan fingerprint density at radius 2 is 1.65 bits per heavy atom. The topological polar surface area (TPSA) is 122 Å². The fourth-order valence-corrected chi connectivity index (χ4v) is 4.58. The zero-order valence-electron chi connectivity index (χ0n) is 23.6. The maximum Gasteiger partial charge on any atom is 0.514 e. The molecule has 5 unspecified atom stereocenters. The normalized spacial score (nSPS) is 15.6. The fraction of sp³-hybridized carbons (Fsp3) is 0.731. The van der Waals surface area contributed by atoms with E-state index in [9.17, 15) is 55.8 Å². The summed E-state index contributed by atoms with van der Waals surface area (Å²) in [7, 11) is 0. The molecule has 43 heavy (non-hydrogen) atoms. The molecule has 0 heterocycles. The molecule has 1 aromatic carbocycles. The molecule has 0 saturated heterocycles. The maximum atomic E-state index is 15.4. The van der Waals surface area contributed by atoms with Gasteiger partial charge in [0.2, 0.25) is 12.2 Å². The lowest BCUT2D eigenvalue weighted by atomic mass is 9.78. The van der Waals surface area contributed by atoms with Gasteiger partial charge in [0.15, 0.2) is 0 Å². The van der Waals surface area contributed by atoms with Gasteiger partial charge in [-0.2, -0.15) is 0 Å². The number of hydrogen-bond donors (Lipinski definition) is 0. The maximum absolute atomic E-state index is 15.4. The number of halogens is 8. The number of benzene rings is 1. The number of nitro groups is 2. The third-order valence-electron chi connectivity index (χ3n) is 7.19. The fourth-order valence-electron chi connectivity index (χ4n) is 4.58. The van der Waals surface area contributed by atoms with Crippen LogP contribution >= 0.6 is 0 Å². The summed E-state index contributed by atoms with van der Waals surface area (Å²) in [5, 5.41) is 22.9. The van der Waals surface area contributed by atoms with E-state index in [0.717, 1.165) is 13.0 Å².